The van der Waals surface area contributed by atoms with E-state index >= 15 is 0 Å². The standard InChI is InChI=1S/C26H19N3O2/c1-2-9-24-23(8-1)28-26-22-17-21(12-11-18(22)13-15-29(24)26)30-19-6-5-7-20(16-19)31-25-10-3-4-14-27-25/h1-12,14,16-17H,13,15H2. The zero-order valence-corrected chi connectivity index (χ0v) is 16.7. The molecule has 1 aliphatic rings. The van der Waals surface area contributed by atoms with Crippen LogP contribution < -0.4 is 9.47 Å². The molecule has 6 rings (SSSR count). The summed E-state index contributed by atoms with van der Waals surface area (Å²) in [5.41, 5.74) is 4.62. The number of hydrogen-bond acceptors (Lipinski definition) is 4. The minimum absolute atomic E-state index is 0.548. The number of hydrogen-bond donors (Lipinski definition) is 0. The first-order chi connectivity index (χ1) is 15.3. The summed E-state index contributed by atoms with van der Waals surface area (Å²) in [6.45, 7) is 0.940. The fraction of sp³-hybridized carbons (Fsp3) is 0.0769. The van der Waals surface area contributed by atoms with Crippen molar-refractivity contribution >= 4 is 11.0 Å². The van der Waals surface area contributed by atoms with Gasteiger partial charge in [0.1, 0.15) is 23.1 Å². The maximum absolute atomic E-state index is 6.17. The van der Waals surface area contributed by atoms with Crippen molar-refractivity contribution in [3.8, 4) is 34.5 Å². The number of rotatable bonds is 4. The van der Waals surface area contributed by atoms with E-state index in [9.17, 15) is 0 Å². The zero-order chi connectivity index (χ0) is 20.6. The molecule has 0 saturated heterocycles. The number of imidazole rings is 1. The molecular formula is C26H19N3O2. The van der Waals surface area contributed by atoms with Gasteiger partial charge in [0.15, 0.2) is 0 Å². The number of aromatic nitrogens is 3. The lowest BCUT2D eigenvalue weighted by Crippen LogP contribution is -2.10. The normalized spacial score (nSPS) is 12.3. The Morgan fingerprint density at radius 2 is 1.58 bits per heavy atom. The minimum Gasteiger partial charge on any atom is -0.457 e. The van der Waals surface area contributed by atoms with Crippen LogP contribution in [0.2, 0.25) is 0 Å². The fourth-order valence-electron chi connectivity index (χ4n) is 4.05. The Bertz CT molecular complexity index is 1390. The van der Waals surface area contributed by atoms with Crippen molar-refractivity contribution in [1.29, 1.82) is 0 Å². The first-order valence-corrected chi connectivity index (χ1v) is 10.3. The van der Waals surface area contributed by atoms with Crippen LogP contribution in [0.3, 0.4) is 0 Å². The molecule has 2 aromatic heterocycles. The molecule has 1 aliphatic heterocycles. The van der Waals surface area contributed by atoms with Crippen molar-refractivity contribution < 1.29 is 9.47 Å². The summed E-state index contributed by atoms with van der Waals surface area (Å²) >= 11 is 0. The summed E-state index contributed by atoms with van der Waals surface area (Å²) < 4.78 is 14.3. The van der Waals surface area contributed by atoms with E-state index in [1.54, 1.807) is 6.20 Å². The lowest BCUT2D eigenvalue weighted by atomic mass is 10.0. The van der Waals surface area contributed by atoms with Crippen LogP contribution in [-0.4, -0.2) is 14.5 Å². The second-order valence-electron chi connectivity index (χ2n) is 7.49. The van der Waals surface area contributed by atoms with Crippen molar-refractivity contribution in [2.24, 2.45) is 0 Å². The summed E-state index contributed by atoms with van der Waals surface area (Å²) in [6, 6.07) is 27.7. The van der Waals surface area contributed by atoms with Gasteiger partial charge in [-0.3, -0.25) is 0 Å². The van der Waals surface area contributed by atoms with Gasteiger partial charge < -0.3 is 14.0 Å². The first kappa shape index (κ1) is 17.7. The van der Waals surface area contributed by atoms with Crippen LogP contribution in [0.5, 0.6) is 23.1 Å². The molecular weight excluding hydrogens is 386 g/mol. The third-order valence-electron chi connectivity index (χ3n) is 5.48. The highest BCUT2D eigenvalue weighted by atomic mass is 16.5. The summed E-state index contributed by atoms with van der Waals surface area (Å²) in [4.78, 5) is 9.09. The summed E-state index contributed by atoms with van der Waals surface area (Å²) in [5.74, 6) is 3.70. The van der Waals surface area contributed by atoms with Crippen molar-refractivity contribution in [1.82, 2.24) is 14.5 Å². The number of fused-ring (bicyclic) bond motifs is 5. The topological polar surface area (TPSA) is 49.2 Å². The van der Waals surface area contributed by atoms with E-state index in [1.807, 2.05) is 54.6 Å². The van der Waals surface area contributed by atoms with Gasteiger partial charge >= 0.3 is 0 Å². The molecule has 0 spiro atoms. The Morgan fingerprint density at radius 1 is 0.742 bits per heavy atom. The molecule has 0 fully saturated rings. The number of pyridine rings is 1. The Labute approximate surface area is 179 Å². The van der Waals surface area contributed by atoms with Gasteiger partial charge in [0.05, 0.1) is 11.0 Å². The summed E-state index contributed by atoms with van der Waals surface area (Å²) in [6.07, 6.45) is 2.69. The molecule has 150 valence electrons. The molecule has 0 radical (unpaired) electrons. The third-order valence-corrected chi connectivity index (χ3v) is 5.48. The van der Waals surface area contributed by atoms with Gasteiger partial charge in [0.2, 0.25) is 5.88 Å². The Balaban J connectivity index is 1.31. The maximum atomic E-state index is 6.17. The lowest BCUT2D eigenvalue weighted by Gasteiger charge is -2.19. The quantitative estimate of drug-likeness (QED) is 0.355. The number of ether oxygens (including phenoxy) is 2. The van der Waals surface area contributed by atoms with Gasteiger partial charge in [0, 0.05) is 30.4 Å². The molecule has 0 atom stereocenters. The van der Waals surface area contributed by atoms with E-state index in [0.717, 1.165) is 35.6 Å². The Hall–Kier alpha value is -4.12. The van der Waals surface area contributed by atoms with Crippen LogP contribution in [0.4, 0.5) is 0 Å². The number of para-hydroxylation sites is 2. The van der Waals surface area contributed by atoms with Crippen LogP contribution >= 0.6 is 0 Å². The van der Waals surface area contributed by atoms with Gasteiger partial charge in [-0.05, 0) is 54.4 Å². The molecule has 0 aliphatic carbocycles. The van der Waals surface area contributed by atoms with E-state index in [0.29, 0.717) is 17.4 Å². The molecule has 0 amide bonds. The number of benzene rings is 3. The van der Waals surface area contributed by atoms with Gasteiger partial charge in [-0.15, -0.1) is 0 Å². The number of nitrogens with zero attached hydrogens (tertiary/aromatic N) is 3. The highest BCUT2D eigenvalue weighted by Gasteiger charge is 2.20. The van der Waals surface area contributed by atoms with Crippen molar-refractivity contribution in [3.05, 3.63) is 96.7 Å². The molecule has 0 N–H and O–H groups in total. The average Bonchev–Trinajstić information content (AvgIpc) is 3.19. The predicted octanol–water partition coefficient (Wildman–Crippen LogP) is 6.24. The van der Waals surface area contributed by atoms with Crippen molar-refractivity contribution in [2.75, 3.05) is 0 Å². The van der Waals surface area contributed by atoms with E-state index in [4.69, 9.17) is 14.5 Å². The van der Waals surface area contributed by atoms with Crippen LogP contribution in [0, 0.1) is 0 Å². The molecule has 0 bridgehead atoms. The first-order valence-electron chi connectivity index (χ1n) is 10.3. The molecule has 3 aromatic carbocycles. The highest BCUT2D eigenvalue weighted by Crippen LogP contribution is 2.36. The molecule has 5 aromatic rings. The van der Waals surface area contributed by atoms with Gasteiger partial charge in [-0.25, -0.2) is 9.97 Å². The van der Waals surface area contributed by atoms with E-state index in [1.165, 1.54) is 11.1 Å². The summed E-state index contributed by atoms with van der Waals surface area (Å²) in [7, 11) is 0. The molecule has 3 heterocycles. The van der Waals surface area contributed by atoms with Crippen molar-refractivity contribution in [3.63, 3.8) is 0 Å². The molecule has 5 nitrogen and oxygen atoms in total. The van der Waals surface area contributed by atoms with Crippen LogP contribution in [-0.2, 0) is 13.0 Å². The van der Waals surface area contributed by atoms with E-state index in [-0.39, 0.29) is 0 Å². The second-order valence-corrected chi connectivity index (χ2v) is 7.49. The van der Waals surface area contributed by atoms with Crippen LogP contribution in [0.1, 0.15) is 5.56 Å². The second kappa shape index (κ2) is 7.29. The van der Waals surface area contributed by atoms with E-state index in [2.05, 4.69) is 39.9 Å². The maximum Gasteiger partial charge on any atom is 0.219 e. The van der Waals surface area contributed by atoms with Crippen LogP contribution in [0.15, 0.2) is 91.1 Å². The predicted molar refractivity (Wildman–Crippen MR) is 120 cm³/mol. The summed E-state index contributed by atoms with van der Waals surface area (Å²) in [5, 5.41) is 0. The average molecular weight is 405 g/mol. The van der Waals surface area contributed by atoms with Crippen LogP contribution in [0.25, 0.3) is 22.4 Å². The largest absolute Gasteiger partial charge is 0.457 e. The van der Waals surface area contributed by atoms with E-state index < -0.39 is 0 Å². The smallest absolute Gasteiger partial charge is 0.219 e. The zero-order valence-electron chi connectivity index (χ0n) is 16.7. The SMILES string of the molecule is c1ccc(Oc2cccc(Oc3ccc4c(c3)-c3nc5ccccc5n3CC4)c2)nc1. The Morgan fingerprint density at radius 3 is 2.48 bits per heavy atom. The molecule has 5 heteroatoms. The monoisotopic (exact) mass is 405 g/mol. The van der Waals surface area contributed by atoms with Gasteiger partial charge in [0.25, 0.3) is 0 Å². The molecule has 0 saturated carbocycles. The minimum atomic E-state index is 0.548. The van der Waals surface area contributed by atoms with Crippen molar-refractivity contribution in [2.45, 2.75) is 13.0 Å². The van der Waals surface area contributed by atoms with Gasteiger partial charge in [-0.1, -0.05) is 30.3 Å². The molecule has 0 unspecified atom stereocenters. The number of aryl methyl sites for hydroxylation is 2. The van der Waals surface area contributed by atoms with Gasteiger partial charge in [-0.2, -0.15) is 0 Å². The highest BCUT2D eigenvalue weighted by molar-refractivity contribution is 5.82. The molecule has 31 heavy (non-hydrogen) atoms. The third kappa shape index (κ3) is 3.30. The Kier molecular flexibility index (Phi) is 4.17. The lowest BCUT2D eigenvalue weighted by molar-refractivity contribution is 0.449. The fourth-order valence-corrected chi connectivity index (χ4v) is 4.05.